The Morgan fingerprint density at radius 1 is 1.40 bits per heavy atom. The maximum absolute atomic E-state index is 12.4. The molecule has 2 fully saturated rings. The number of nitrogens with one attached hydrogen (secondary N) is 1. The van der Waals surface area contributed by atoms with Gasteiger partial charge in [-0.15, -0.1) is 11.8 Å². The Kier molecular flexibility index (Phi) is 3.98. The summed E-state index contributed by atoms with van der Waals surface area (Å²) in [5, 5.41) is 3.58. The molecule has 2 saturated carbocycles. The van der Waals surface area contributed by atoms with Crippen LogP contribution in [-0.2, 0) is 9.53 Å². The first kappa shape index (κ1) is 13.9. The van der Waals surface area contributed by atoms with Gasteiger partial charge in [-0.2, -0.15) is 0 Å². The number of carbonyl (C=O) groups excluding carboxylic acids is 1. The summed E-state index contributed by atoms with van der Waals surface area (Å²) in [6.07, 6.45) is 8.15. The monoisotopic (exact) mass is 292 g/mol. The van der Waals surface area contributed by atoms with Gasteiger partial charge >= 0.3 is 5.97 Å². The summed E-state index contributed by atoms with van der Waals surface area (Å²) in [6, 6.07) is 4.46. The Labute approximate surface area is 123 Å². The Balaban J connectivity index is 1.74. The summed E-state index contributed by atoms with van der Waals surface area (Å²) < 4.78 is 5.11. The number of pyridine rings is 1. The number of carbonyl (C=O) groups is 1. The topological polar surface area (TPSA) is 51.2 Å². The van der Waals surface area contributed by atoms with E-state index in [0.717, 1.165) is 23.5 Å². The van der Waals surface area contributed by atoms with Crippen LogP contribution < -0.4 is 5.32 Å². The lowest BCUT2D eigenvalue weighted by atomic mass is 9.95. The van der Waals surface area contributed by atoms with Gasteiger partial charge in [0, 0.05) is 29.1 Å². The van der Waals surface area contributed by atoms with Gasteiger partial charge in [0.05, 0.1) is 7.11 Å². The van der Waals surface area contributed by atoms with Gasteiger partial charge in [-0.05, 0) is 43.7 Å². The molecule has 20 heavy (non-hydrogen) atoms. The minimum absolute atomic E-state index is 0.103. The molecule has 1 N–H and O–H groups in total. The van der Waals surface area contributed by atoms with Gasteiger partial charge < -0.3 is 4.74 Å². The molecular weight excluding hydrogens is 272 g/mol. The van der Waals surface area contributed by atoms with E-state index in [4.69, 9.17) is 4.74 Å². The van der Waals surface area contributed by atoms with Gasteiger partial charge in [-0.1, -0.05) is 0 Å². The van der Waals surface area contributed by atoms with Crippen molar-refractivity contribution in [2.75, 3.05) is 12.9 Å². The highest BCUT2D eigenvalue weighted by Crippen LogP contribution is 2.44. The fraction of sp³-hybridized carbons (Fsp3) is 0.600. The molecule has 0 amide bonds. The van der Waals surface area contributed by atoms with Gasteiger partial charge in [-0.25, -0.2) is 0 Å². The molecule has 4 nitrogen and oxygen atoms in total. The van der Waals surface area contributed by atoms with E-state index in [0.29, 0.717) is 12.0 Å². The molecule has 5 heteroatoms. The Morgan fingerprint density at radius 3 is 2.65 bits per heavy atom. The lowest BCUT2D eigenvalue weighted by Crippen LogP contribution is -2.57. The summed E-state index contributed by atoms with van der Waals surface area (Å²) >= 11 is 1.71. The molecule has 1 aromatic heterocycles. The Bertz CT molecular complexity index is 474. The van der Waals surface area contributed by atoms with Gasteiger partial charge in [0.1, 0.15) is 5.54 Å². The summed E-state index contributed by atoms with van der Waals surface area (Å²) in [5.74, 6) is 1.04. The highest BCUT2D eigenvalue weighted by atomic mass is 32.2. The van der Waals surface area contributed by atoms with Crippen molar-refractivity contribution in [2.24, 2.45) is 5.92 Å². The van der Waals surface area contributed by atoms with E-state index >= 15 is 0 Å². The fourth-order valence-electron chi connectivity index (χ4n) is 2.54. The number of thioether (sulfide) groups is 1. The van der Waals surface area contributed by atoms with Crippen molar-refractivity contribution in [1.82, 2.24) is 10.3 Å². The van der Waals surface area contributed by atoms with Crippen molar-refractivity contribution >= 4 is 17.7 Å². The first-order chi connectivity index (χ1) is 9.74. The molecule has 2 aliphatic rings. The van der Waals surface area contributed by atoms with Crippen molar-refractivity contribution in [3.05, 3.63) is 24.5 Å². The Hall–Kier alpha value is -1.07. The van der Waals surface area contributed by atoms with Crippen LogP contribution in [0.2, 0.25) is 0 Å². The number of rotatable bonds is 7. The molecule has 0 bridgehead atoms. The highest BCUT2D eigenvalue weighted by Gasteiger charge is 2.53. The van der Waals surface area contributed by atoms with Gasteiger partial charge in [0.2, 0.25) is 0 Å². The fourth-order valence-corrected chi connectivity index (χ4v) is 3.69. The number of esters is 1. The van der Waals surface area contributed by atoms with Gasteiger partial charge in [-0.3, -0.25) is 15.1 Å². The van der Waals surface area contributed by atoms with Crippen LogP contribution in [0.4, 0.5) is 0 Å². The van der Waals surface area contributed by atoms with Crippen molar-refractivity contribution in [2.45, 2.75) is 42.2 Å². The molecule has 3 rings (SSSR count). The van der Waals surface area contributed by atoms with Crippen LogP contribution in [0.1, 0.15) is 25.7 Å². The third-order valence-corrected chi connectivity index (χ3v) is 5.18. The zero-order valence-corrected chi connectivity index (χ0v) is 12.5. The lowest BCUT2D eigenvalue weighted by molar-refractivity contribution is -0.148. The second kappa shape index (κ2) is 5.74. The number of hydrogen-bond donors (Lipinski definition) is 1. The van der Waals surface area contributed by atoms with Crippen LogP contribution in [-0.4, -0.2) is 35.4 Å². The maximum Gasteiger partial charge on any atom is 0.327 e. The molecule has 1 heterocycles. The SMILES string of the molecule is COC(=O)C(CSc1ccncc1)(NC1CC1)C1CC1. The van der Waals surface area contributed by atoms with Crippen LogP contribution in [0.5, 0.6) is 0 Å². The smallest absolute Gasteiger partial charge is 0.327 e. The van der Waals surface area contributed by atoms with E-state index in [1.165, 1.54) is 20.0 Å². The average Bonchev–Trinajstić information content (AvgIpc) is 3.37. The second-order valence-corrected chi connectivity index (χ2v) is 6.68. The third kappa shape index (κ3) is 2.99. The molecule has 2 aliphatic carbocycles. The van der Waals surface area contributed by atoms with Crippen molar-refractivity contribution in [1.29, 1.82) is 0 Å². The van der Waals surface area contributed by atoms with E-state index in [-0.39, 0.29) is 5.97 Å². The van der Waals surface area contributed by atoms with E-state index in [1.807, 2.05) is 12.1 Å². The largest absolute Gasteiger partial charge is 0.468 e. The number of aromatic nitrogens is 1. The second-order valence-electron chi connectivity index (χ2n) is 5.63. The molecular formula is C15H20N2O2S. The summed E-state index contributed by atoms with van der Waals surface area (Å²) in [6.45, 7) is 0. The zero-order valence-electron chi connectivity index (χ0n) is 11.7. The maximum atomic E-state index is 12.4. The van der Waals surface area contributed by atoms with Crippen LogP contribution >= 0.6 is 11.8 Å². The summed E-state index contributed by atoms with van der Waals surface area (Å²) in [7, 11) is 1.49. The first-order valence-electron chi connectivity index (χ1n) is 7.13. The quantitative estimate of drug-likeness (QED) is 0.617. The molecule has 0 saturated heterocycles. The molecule has 1 unspecified atom stereocenters. The predicted molar refractivity (Wildman–Crippen MR) is 78.6 cm³/mol. The molecule has 0 aliphatic heterocycles. The van der Waals surface area contributed by atoms with E-state index in [2.05, 4.69) is 10.3 Å². The molecule has 0 spiro atoms. The number of ether oxygens (including phenoxy) is 1. The molecule has 0 aromatic carbocycles. The standard InChI is InChI=1S/C15H20N2O2S/c1-19-14(18)15(11-2-3-11,17-12-4-5-12)10-20-13-6-8-16-9-7-13/h6-9,11-12,17H,2-5,10H2,1H3. The first-order valence-corrected chi connectivity index (χ1v) is 8.12. The summed E-state index contributed by atoms with van der Waals surface area (Å²) in [5.41, 5.74) is -0.510. The van der Waals surface area contributed by atoms with Gasteiger partial charge in [0.25, 0.3) is 0 Å². The Morgan fingerprint density at radius 2 is 2.10 bits per heavy atom. The van der Waals surface area contributed by atoms with Crippen LogP contribution in [0, 0.1) is 5.92 Å². The highest BCUT2D eigenvalue weighted by molar-refractivity contribution is 7.99. The number of methoxy groups -OCH3 is 1. The van der Waals surface area contributed by atoms with Crippen LogP contribution in [0.15, 0.2) is 29.4 Å². The van der Waals surface area contributed by atoms with E-state index in [9.17, 15) is 4.79 Å². The minimum atomic E-state index is -0.510. The van der Waals surface area contributed by atoms with Crippen molar-refractivity contribution in [3.8, 4) is 0 Å². The summed E-state index contributed by atoms with van der Waals surface area (Å²) in [4.78, 5) is 17.6. The average molecular weight is 292 g/mol. The third-order valence-electron chi connectivity index (χ3n) is 3.98. The van der Waals surface area contributed by atoms with Crippen molar-refractivity contribution < 1.29 is 9.53 Å². The minimum Gasteiger partial charge on any atom is -0.468 e. The predicted octanol–water partition coefficient (Wildman–Crippen LogP) is 2.25. The van der Waals surface area contributed by atoms with Gasteiger partial charge in [0.15, 0.2) is 0 Å². The van der Waals surface area contributed by atoms with Crippen LogP contribution in [0.3, 0.4) is 0 Å². The molecule has 1 aromatic rings. The van der Waals surface area contributed by atoms with Crippen LogP contribution in [0.25, 0.3) is 0 Å². The number of hydrogen-bond acceptors (Lipinski definition) is 5. The normalized spacial score (nSPS) is 21.2. The molecule has 0 radical (unpaired) electrons. The van der Waals surface area contributed by atoms with Crippen molar-refractivity contribution in [3.63, 3.8) is 0 Å². The number of nitrogens with zero attached hydrogens (tertiary/aromatic N) is 1. The zero-order chi connectivity index (χ0) is 14.0. The molecule has 1 atom stereocenters. The lowest BCUT2D eigenvalue weighted by Gasteiger charge is -2.32. The van der Waals surface area contributed by atoms with E-state index in [1.54, 1.807) is 24.2 Å². The molecule has 108 valence electrons. The van der Waals surface area contributed by atoms with E-state index < -0.39 is 5.54 Å².